The largest absolute Gasteiger partial charge is 0.316 e. The first-order valence-corrected chi connectivity index (χ1v) is 5.92. The van der Waals surface area contributed by atoms with Gasteiger partial charge in [0.25, 0.3) is 0 Å². The van der Waals surface area contributed by atoms with Crippen molar-refractivity contribution in [1.82, 2.24) is 4.37 Å². The maximum absolute atomic E-state index is 11.8. The Kier molecular flexibility index (Phi) is 3.16. The number of aromatic nitrogens is 1. The van der Waals surface area contributed by atoms with Gasteiger partial charge < -0.3 is 5.32 Å². The molecule has 0 fully saturated rings. The molecule has 0 aromatic carbocycles. The molecule has 15 heavy (non-hydrogen) atoms. The van der Waals surface area contributed by atoms with E-state index in [0.717, 1.165) is 30.0 Å². The molecule has 0 bridgehead atoms. The average molecular weight is 222 g/mol. The Balaban J connectivity index is 1.94. The van der Waals surface area contributed by atoms with E-state index >= 15 is 0 Å². The second-order valence-electron chi connectivity index (χ2n) is 3.80. The lowest BCUT2D eigenvalue weighted by atomic mass is 9.94. The summed E-state index contributed by atoms with van der Waals surface area (Å²) in [5.41, 5.74) is 0.957. The molecule has 4 heteroatoms. The number of amides is 1. The van der Waals surface area contributed by atoms with Crippen LogP contribution in [0.25, 0.3) is 0 Å². The summed E-state index contributed by atoms with van der Waals surface area (Å²) in [7, 11) is 0. The molecule has 1 N–H and O–H groups in total. The number of carbonyl (C=O) groups is 1. The Bertz CT molecular complexity index is 384. The lowest BCUT2D eigenvalue weighted by Crippen LogP contribution is -2.22. The highest BCUT2D eigenvalue weighted by Gasteiger charge is 2.19. The molecule has 2 rings (SSSR count). The first-order chi connectivity index (χ1) is 7.25. The lowest BCUT2D eigenvalue weighted by Gasteiger charge is -2.16. The molecule has 1 heterocycles. The van der Waals surface area contributed by atoms with Gasteiger partial charge in [0.2, 0.25) is 5.91 Å². The molecule has 0 saturated carbocycles. The van der Waals surface area contributed by atoms with Crippen LogP contribution in [0.15, 0.2) is 18.2 Å². The SMILES string of the molecule is Cc1cc(NC(=O)C2CC=CCC2)sn1. The fourth-order valence-corrected chi connectivity index (χ4v) is 2.34. The Labute approximate surface area is 93.4 Å². The number of hydrogen-bond donors (Lipinski definition) is 1. The summed E-state index contributed by atoms with van der Waals surface area (Å²) in [4.78, 5) is 11.8. The van der Waals surface area contributed by atoms with Crippen LogP contribution < -0.4 is 5.32 Å². The summed E-state index contributed by atoms with van der Waals surface area (Å²) in [6.45, 7) is 1.93. The van der Waals surface area contributed by atoms with Gasteiger partial charge in [-0.15, -0.1) is 0 Å². The number of nitrogens with one attached hydrogen (secondary N) is 1. The standard InChI is InChI=1S/C11H14N2OS/c1-8-7-10(15-13-8)12-11(14)9-5-3-2-4-6-9/h2-3,7,9H,4-6H2,1H3,(H,12,14). The molecular formula is C11H14N2OS. The number of aryl methyl sites for hydroxylation is 1. The lowest BCUT2D eigenvalue weighted by molar-refractivity contribution is -0.120. The number of hydrogen-bond acceptors (Lipinski definition) is 3. The third-order valence-corrected chi connectivity index (χ3v) is 3.31. The summed E-state index contributed by atoms with van der Waals surface area (Å²) in [5, 5.41) is 3.77. The smallest absolute Gasteiger partial charge is 0.228 e. The van der Waals surface area contributed by atoms with Crippen molar-refractivity contribution in [2.75, 3.05) is 5.32 Å². The van der Waals surface area contributed by atoms with Gasteiger partial charge in [-0.25, -0.2) is 0 Å². The van der Waals surface area contributed by atoms with Crippen LogP contribution in [0.1, 0.15) is 25.0 Å². The summed E-state index contributed by atoms with van der Waals surface area (Å²) in [6, 6.07) is 1.90. The second kappa shape index (κ2) is 4.57. The zero-order valence-electron chi connectivity index (χ0n) is 8.69. The van der Waals surface area contributed by atoms with E-state index in [9.17, 15) is 4.79 Å². The Morgan fingerprint density at radius 1 is 1.60 bits per heavy atom. The van der Waals surface area contributed by atoms with Gasteiger partial charge in [0, 0.05) is 5.92 Å². The van der Waals surface area contributed by atoms with Crippen LogP contribution in [0.4, 0.5) is 5.00 Å². The van der Waals surface area contributed by atoms with E-state index < -0.39 is 0 Å². The number of allylic oxidation sites excluding steroid dienone is 2. The molecule has 0 aliphatic heterocycles. The van der Waals surface area contributed by atoms with Crippen molar-refractivity contribution in [3.8, 4) is 0 Å². The molecule has 0 saturated heterocycles. The van der Waals surface area contributed by atoms with E-state index in [4.69, 9.17) is 0 Å². The maximum atomic E-state index is 11.8. The van der Waals surface area contributed by atoms with Crippen LogP contribution in [0, 0.1) is 12.8 Å². The highest BCUT2D eigenvalue weighted by atomic mass is 32.1. The quantitative estimate of drug-likeness (QED) is 0.782. The van der Waals surface area contributed by atoms with Crippen LogP contribution in [0.3, 0.4) is 0 Å². The maximum Gasteiger partial charge on any atom is 0.228 e. The average Bonchev–Trinajstić information content (AvgIpc) is 2.65. The van der Waals surface area contributed by atoms with E-state index in [0.29, 0.717) is 0 Å². The van der Waals surface area contributed by atoms with Crippen molar-refractivity contribution >= 4 is 22.4 Å². The van der Waals surface area contributed by atoms with Gasteiger partial charge in [-0.1, -0.05) is 12.2 Å². The number of rotatable bonds is 2. The molecule has 1 atom stereocenters. The Morgan fingerprint density at radius 2 is 2.47 bits per heavy atom. The molecule has 1 unspecified atom stereocenters. The fourth-order valence-electron chi connectivity index (χ4n) is 1.68. The zero-order valence-corrected chi connectivity index (χ0v) is 9.51. The van der Waals surface area contributed by atoms with E-state index in [1.807, 2.05) is 13.0 Å². The predicted octanol–water partition coefficient (Wildman–Crippen LogP) is 2.75. The van der Waals surface area contributed by atoms with E-state index in [1.165, 1.54) is 11.5 Å². The van der Waals surface area contributed by atoms with Gasteiger partial charge >= 0.3 is 0 Å². The third-order valence-electron chi connectivity index (χ3n) is 2.51. The summed E-state index contributed by atoms with van der Waals surface area (Å²) in [5.74, 6) is 0.264. The Morgan fingerprint density at radius 3 is 3.07 bits per heavy atom. The normalized spacial score (nSPS) is 20.2. The molecule has 1 amide bonds. The molecule has 1 aliphatic rings. The van der Waals surface area contributed by atoms with Crippen molar-refractivity contribution in [3.63, 3.8) is 0 Å². The Hall–Kier alpha value is -1.16. The topological polar surface area (TPSA) is 42.0 Å². The zero-order chi connectivity index (χ0) is 10.7. The molecule has 1 aromatic rings. The molecule has 3 nitrogen and oxygen atoms in total. The number of nitrogens with zero attached hydrogens (tertiary/aromatic N) is 1. The van der Waals surface area contributed by atoms with Crippen molar-refractivity contribution in [3.05, 3.63) is 23.9 Å². The van der Waals surface area contributed by atoms with Gasteiger partial charge in [0.15, 0.2) is 0 Å². The molecular weight excluding hydrogens is 208 g/mol. The van der Waals surface area contributed by atoms with Crippen molar-refractivity contribution < 1.29 is 4.79 Å². The minimum atomic E-state index is 0.128. The van der Waals surface area contributed by atoms with Crippen molar-refractivity contribution in [1.29, 1.82) is 0 Å². The first kappa shape index (κ1) is 10.4. The van der Waals surface area contributed by atoms with Crippen LogP contribution in [-0.2, 0) is 4.79 Å². The van der Waals surface area contributed by atoms with Crippen LogP contribution in [0.2, 0.25) is 0 Å². The second-order valence-corrected chi connectivity index (χ2v) is 4.61. The van der Waals surface area contributed by atoms with Gasteiger partial charge in [-0.3, -0.25) is 4.79 Å². The van der Waals surface area contributed by atoms with E-state index in [-0.39, 0.29) is 11.8 Å². The van der Waals surface area contributed by atoms with E-state index in [2.05, 4.69) is 21.8 Å². The monoisotopic (exact) mass is 222 g/mol. The molecule has 80 valence electrons. The number of anilines is 1. The van der Waals surface area contributed by atoms with Crippen LogP contribution in [0.5, 0.6) is 0 Å². The molecule has 0 spiro atoms. The third kappa shape index (κ3) is 2.65. The fraction of sp³-hybridized carbons (Fsp3) is 0.455. The van der Waals surface area contributed by atoms with Crippen molar-refractivity contribution in [2.24, 2.45) is 5.92 Å². The van der Waals surface area contributed by atoms with E-state index in [1.54, 1.807) is 0 Å². The summed E-state index contributed by atoms with van der Waals surface area (Å²) >= 11 is 1.34. The van der Waals surface area contributed by atoms with Gasteiger partial charge in [0.1, 0.15) is 5.00 Å². The van der Waals surface area contributed by atoms with Gasteiger partial charge in [-0.05, 0) is 43.8 Å². The summed E-state index contributed by atoms with van der Waals surface area (Å²) in [6.07, 6.45) is 7.07. The first-order valence-electron chi connectivity index (χ1n) is 5.15. The molecule has 1 aliphatic carbocycles. The van der Waals surface area contributed by atoms with Gasteiger partial charge in [-0.2, -0.15) is 4.37 Å². The predicted molar refractivity (Wildman–Crippen MR) is 62.0 cm³/mol. The minimum Gasteiger partial charge on any atom is -0.316 e. The highest BCUT2D eigenvalue weighted by molar-refractivity contribution is 7.10. The minimum absolute atomic E-state index is 0.128. The highest BCUT2D eigenvalue weighted by Crippen LogP contribution is 2.22. The van der Waals surface area contributed by atoms with Crippen LogP contribution in [-0.4, -0.2) is 10.3 Å². The van der Waals surface area contributed by atoms with Crippen molar-refractivity contribution in [2.45, 2.75) is 26.2 Å². The molecule has 0 radical (unpaired) electrons. The molecule has 1 aromatic heterocycles. The number of carbonyl (C=O) groups excluding carboxylic acids is 1. The van der Waals surface area contributed by atoms with Crippen LogP contribution >= 0.6 is 11.5 Å². The van der Waals surface area contributed by atoms with Gasteiger partial charge in [0.05, 0.1) is 5.69 Å². The summed E-state index contributed by atoms with van der Waals surface area (Å²) < 4.78 is 4.13.